The number of benzene rings is 2. The Hall–Kier alpha value is -2.25. The molecule has 0 radical (unpaired) electrons. The minimum atomic E-state index is -0.645. The SMILES string of the molecule is COc1cc(C(=O)NC(C)c2ccc(Br)cc2)cc(Cl)c1OCC(N)=O. The Bertz CT molecular complexity index is 812. The van der Waals surface area contributed by atoms with Crippen LogP contribution in [-0.2, 0) is 4.79 Å². The number of nitrogens with two attached hydrogens (primary N) is 1. The quantitative estimate of drug-likeness (QED) is 0.688. The van der Waals surface area contributed by atoms with Crippen molar-refractivity contribution in [3.8, 4) is 11.5 Å². The molecular weight excluding hydrogens is 424 g/mol. The van der Waals surface area contributed by atoms with Crippen LogP contribution in [0.4, 0.5) is 0 Å². The van der Waals surface area contributed by atoms with Crippen LogP contribution in [-0.4, -0.2) is 25.5 Å². The number of nitrogens with one attached hydrogen (secondary N) is 1. The topological polar surface area (TPSA) is 90.7 Å². The van der Waals surface area contributed by atoms with Crippen molar-refractivity contribution in [1.29, 1.82) is 0 Å². The van der Waals surface area contributed by atoms with E-state index in [2.05, 4.69) is 21.2 Å². The Morgan fingerprint density at radius 3 is 2.50 bits per heavy atom. The Morgan fingerprint density at radius 2 is 1.92 bits per heavy atom. The van der Waals surface area contributed by atoms with Crippen molar-refractivity contribution in [2.45, 2.75) is 13.0 Å². The molecule has 1 atom stereocenters. The van der Waals surface area contributed by atoms with E-state index in [-0.39, 0.29) is 35.1 Å². The van der Waals surface area contributed by atoms with Gasteiger partial charge in [-0.15, -0.1) is 0 Å². The van der Waals surface area contributed by atoms with Gasteiger partial charge in [-0.1, -0.05) is 39.7 Å². The van der Waals surface area contributed by atoms with Crippen LogP contribution < -0.4 is 20.5 Å². The summed E-state index contributed by atoms with van der Waals surface area (Å²) in [5.41, 5.74) is 6.33. The summed E-state index contributed by atoms with van der Waals surface area (Å²) in [6, 6.07) is 10.4. The molecule has 138 valence electrons. The van der Waals surface area contributed by atoms with Gasteiger partial charge >= 0.3 is 0 Å². The number of methoxy groups -OCH3 is 1. The normalized spacial score (nSPS) is 11.5. The number of hydrogen-bond donors (Lipinski definition) is 2. The van der Waals surface area contributed by atoms with E-state index in [0.29, 0.717) is 5.56 Å². The number of rotatable bonds is 7. The van der Waals surface area contributed by atoms with Crippen molar-refractivity contribution >= 4 is 39.3 Å². The third-order valence-electron chi connectivity index (χ3n) is 3.57. The highest BCUT2D eigenvalue weighted by molar-refractivity contribution is 9.10. The third-order valence-corrected chi connectivity index (χ3v) is 4.38. The average Bonchev–Trinajstić information content (AvgIpc) is 2.60. The number of ether oxygens (including phenoxy) is 2. The first-order valence-corrected chi connectivity index (χ1v) is 8.84. The van der Waals surface area contributed by atoms with Crippen molar-refractivity contribution in [3.05, 3.63) is 57.0 Å². The van der Waals surface area contributed by atoms with Crippen LogP contribution in [0, 0.1) is 0 Å². The van der Waals surface area contributed by atoms with Crippen LogP contribution in [0.3, 0.4) is 0 Å². The maximum atomic E-state index is 12.5. The minimum Gasteiger partial charge on any atom is -0.493 e. The van der Waals surface area contributed by atoms with E-state index in [4.69, 9.17) is 26.8 Å². The highest BCUT2D eigenvalue weighted by atomic mass is 79.9. The summed E-state index contributed by atoms with van der Waals surface area (Å²) in [6.07, 6.45) is 0. The van der Waals surface area contributed by atoms with Crippen LogP contribution in [0.5, 0.6) is 11.5 Å². The summed E-state index contributed by atoms with van der Waals surface area (Å²) >= 11 is 9.55. The Labute approximate surface area is 164 Å². The second-order valence-electron chi connectivity index (χ2n) is 5.49. The lowest BCUT2D eigenvalue weighted by Crippen LogP contribution is -2.26. The lowest BCUT2D eigenvalue weighted by Gasteiger charge is -2.16. The monoisotopic (exact) mass is 440 g/mol. The van der Waals surface area contributed by atoms with Crippen molar-refractivity contribution in [3.63, 3.8) is 0 Å². The first-order chi connectivity index (χ1) is 12.3. The zero-order valence-electron chi connectivity index (χ0n) is 14.2. The molecular formula is C18H18BrClN2O4. The van der Waals surface area contributed by atoms with E-state index in [1.54, 1.807) is 0 Å². The molecule has 0 saturated heterocycles. The summed E-state index contributed by atoms with van der Waals surface area (Å²) in [7, 11) is 1.41. The number of carbonyl (C=O) groups is 2. The van der Waals surface area contributed by atoms with E-state index >= 15 is 0 Å². The van der Waals surface area contributed by atoms with E-state index in [1.165, 1.54) is 19.2 Å². The highest BCUT2D eigenvalue weighted by Gasteiger charge is 2.18. The molecule has 1 unspecified atom stereocenters. The summed E-state index contributed by atoms with van der Waals surface area (Å²) in [6.45, 7) is 1.53. The molecule has 0 aliphatic rings. The Morgan fingerprint density at radius 1 is 1.27 bits per heavy atom. The van der Waals surface area contributed by atoms with Gasteiger partial charge in [0.25, 0.3) is 11.8 Å². The predicted octanol–water partition coefficient (Wildman–Crippen LogP) is 3.47. The zero-order chi connectivity index (χ0) is 19.3. The fourth-order valence-corrected chi connectivity index (χ4v) is 2.78. The molecule has 0 aliphatic heterocycles. The molecule has 2 rings (SSSR count). The van der Waals surface area contributed by atoms with E-state index in [9.17, 15) is 9.59 Å². The second-order valence-corrected chi connectivity index (χ2v) is 6.81. The van der Waals surface area contributed by atoms with Crippen LogP contribution in [0.25, 0.3) is 0 Å². The molecule has 8 heteroatoms. The predicted molar refractivity (Wildman–Crippen MR) is 103 cm³/mol. The molecule has 2 amide bonds. The average molecular weight is 442 g/mol. The van der Waals surface area contributed by atoms with Crippen molar-refractivity contribution in [2.24, 2.45) is 5.73 Å². The molecule has 0 aromatic heterocycles. The number of amides is 2. The molecule has 0 bridgehead atoms. The van der Waals surface area contributed by atoms with Gasteiger partial charge in [0.05, 0.1) is 18.2 Å². The molecule has 0 heterocycles. The van der Waals surface area contributed by atoms with Crippen molar-refractivity contribution in [1.82, 2.24) is 5.32 Å². The largest absolute Gasteiger partial charge is 0.493 e. The number of carbonyl (C=O) groups excluding carboxylic acids is 2. The van der Waals surface area contributed by atoms with Gasteiger partial charge < -0.3 is 20.5 Å². The Kier molecular flexibility index (Phi) is 6.88. The van der Waals surface area contributed by atoms with Gasteiger partial charge in [-0.3, -0.25) is 9.59 Å². The van der Waals surface area contributed by atoms with Gasteiger partial charge in [0.15, 0.2) is 18.1 Å². The minimum absolute atomic E-state index is 0.145. The third kappa shape index (κ3) is 5.12. The summed E-state index contributed by atoms with van der Waals surface area (Å²) in [4.78, 5) is 23.4. The van der Waals surface area contributed by atoms with Gasteiger partial charge in [0.2, 0.25) is 0 Å². The lowest BCUT2D eigenvalue weighted by molar-refractivity contribution is -0.119. The zero-order valence-corrected chi connectivity index (χ0v) is 16.6. The van der Waals surface area contributed by atoms with Gasteiger partial charge in [0, 0.05) is 10.0 Å². The molecule has 6 nitrogen and oxygen atoms in total. The first-order valence-electron chi connectivity index (χ1n) is 7.66. The first kappa shape index (κ1) is 20.1. The fourth-order valence-electron chi connectivity index (χ4n) is 2.25. The van der Waals surface area contributed by atoms with Crippen LogP contribution in [0.1, 0.15) is 28.9 Å². The molecule has 3 N–H and O–H groups in total. The second kappa shape index (κ2) is 8.91. The Balaban J connectivity index is 2.19. The molecule has 2 aromatic carbocycles. The van der Waals surface area contributed by atoms with Crippen molar-refractivity contribution in [2.75, 3.05) is 13.7 Å². The maximum absolute atomic E-state index is 12.5. The van der Waals surface area contributed by atoms with Crippen molar-refractivity contribution < 1.29 is 19.1 Å². The maximum Gasteiger partial charge on any atom is 0.255 e. The highest BCUT2D eigenvalue weighted by Crippen LogP contribution is 2.36. The van der Waals surface area contributed by atoms with E-state index < -0.39 is 5.91 Å². The summed E-state index contributed by atoms with van der Waals surface area (Å²) in [5.74, 6) is -0.569. The number of primary amides is 1. The number of hydrogen-bond acceptors (Lipinski definition) is 4. The van der Waals surface area contributed by atoms with Gasteiger partial charge in [0.1, 0.15) is 0 Å². The molecule has 0 saturated carbocycles. The molecule has 0 spiro atoms. The molecule has 2 aromatic rings. The van der Waals surface area contributed by atoms with Crippen LogP contribution in [0.2, 0.25) is 5.02 Å². The standard InChI is InChI=1S/C18H18BrClN2O4/c1-10(11-3-5-13(19)6-4-11)22-18(24)12-7-14(20)17(15(8-12)25-2)26-9-16(21)23/h3-8,10H,9H2,1-2H3,(H2,21,23)(H,22,24). The van der Waals surface area contributed by atoms with Gasteiger partial charge in [-0.05, 0) is 36.8 Å². The molecule has 0 fully saturated rings. The number of halogens is 2. The fraction of sp³-hybridized carbons (Fsp3) is 0.222. The van der Waals surface area contributed by atoms with Crippen LogP contribution in [0.15, 0.2) is 40.9 Å². The molecule has 26 heavy (non-hydrogen) atoms. The summed E-state index contributed by atoms with van der Waals surface area (Å²) < 4.78 is 11.4. The smallest absolute Gasteiger partial charge is 0.255 e. The van der Waals surface area contributed by atoms with E-state index in [1.807, 2.05) is 31.2 Å². The lowest BCUT2D eigenvalue weighted by atomic mass is 10.1. The van der Waals surface area contributed by atoms with Gasteiger partial charge in [-0.2, -0.15) is 0 Å². The van der Waals surface area contributed by atoms with Crippen LogP contribution >= 0.6 is 27.5 Å². The van der Waals surface area contributed by atoms with Gasteiger partial charge in [-0.25, -0.2) is 0 Å². The summed E-state index contributed by atoms with van der Waals surface area (Å²) in [5, 5.41) is 3.04. The van der Waals surface area contributed by atoms with E-state index in [0.717, 1.165) is 10.0 Å². The molecule has 0 aliphatic carbocycles.